The van der Waals surface area contributed by atoms with Gasteiger partial charge in [0.2, 0.25) is 0 Å². The molecule has 0 aliphatic carbocycles. The molecule has 20 heavy (non-hydrogen) atoms. The van der Waals surface area contributed by atoms with E-state index in [0.29, 0.717) is 10.6 Å². The van der Waals surface area contributed by atoms with Crippen LogP contribution in [0, 0.1) is 5.92 Å². The highest BCUT2D eigenvalue weighted by Crippen LogP contribution is 2.31. The Kier molecular flexibility index (Phi) is 5.26. The summed E-state index contributed by atoms with van der Waals surface area (Å²) in [5.41, 5.74) is 6.78. The van der Waals surface area contributed by atoms with Crippen LogP contribution in [-0.2, 0) is 0 Å². The van der Waals surface area contributed by atoms with Gasteiger partial charge in [0.05, 0.1) is 16.3 Å². The molecule has 4 nitrogen and oxygen atoms in total. The Morgan fingerprint density at radius 3 is 2.75 bits per heavy atom. The number of rotatable bonds is 5. The second kappa shape index (κ2) is 6.95. The molecule has 0 atom stereocenters. The second-order valence-electron chi connectivity index (χ2n) is 5.32. The lowest BCUT2D eigenvalue weighted by Gasteiger charge is -2.34. The molecule has 0 saturated carbocycles. The van der Waals surface area contributed by atoms with Crippen LogP contribution in [0.4, 0.5) is 5.69 Å². The Balaban J connectivity index is 2.07. The summed E-state index contributed by atoms with van der Waals surface area (Å²) in [6.45, 7) is 2.97. The van der Waals surface area contributed by atoms with Crippen molar-refractivity contribution >= 4 is 23.2 Å². The van der Waals surface area contributed by atoms with Crippen LogP contribution in [0.15, 0.2) is 18.2 Å². The van der Waals surface area contributed by atoms with E-state index in [-0.39, 0.29) is 0 Å². The Morgan fingerprint density at radius 2 is 2.15 bits per heavy atom. The highest BCUT2D eigenvalue weighted by atomic mass is 35.5. The third-order valence-corrected chi connectivity index (χ3v) is 4.31. The first-order valence-electron chi connectivity index (χ1n) is 7.11. The summed E-state index contributed by atoms with van der Waals surface area (Å²) >= 11 is 6.11. The Labute approximate surface area is 125 Å². The van der Waals surface area contributed by atoms with Gasteiger partial charge < -0.3 is 16.0 Å². The predicted molar refractivity (Wildman–Crippen MR) is 83.5 cm³/mol. The van der Waals surface area contributed by atoms with E-state index in [1.807, 2.05) is 19.2 Å². The van der Waals surface area contributed by atoms with E-state index in [0.717, 1.165) is 44.1 Å². The van der Waals surface area contributed by atoms with E-state index in [4.69, 9.17) is 17.3 Å². The summed E-state index contributed by atoms with van der Waals surface area (Å²) in [5, 5.41) is 3.63. The average molecular weight is 296 g/mol. The molecule has 1 aromatic rings. The molecule has 1 saturated heterocycles. The number of anilines is 1. The van der Waals surface area contributed by atoms with Crippen LogP contribution in [0.2, 0.25) is 5.02 Å². The number of piperidine rings is 1. The van der Waals surface area contributed by atoms with Gasteiger partial charge in [-0.05, 0) is 50.9 Å². The molecular weight excluding hydrogens is 274 g/mol. The van der Waals surface area contributed by atoms with Crippen LogP contribution in [0.25, 0.3) is 0 Å². The zero-order valence-electron chi connectivity index (χ0n) is 11.9. The van der Waals surface area contributed by atoms with Crippen molar-refractivity contribution < 1.29 is 4.79 Å². The van der Waals surface area contributed by atoms with Gasteiger partial charge in [0.25, 0.3) is 5.91 Å². The van der Waals surface area contributed by atoms with E-state index in [9.17, 15) is 4.79 Å². The normalized spacial score (nSPS) is 16.4. The maximum absolute atomic E-state index is 11.6. The van der Waals surface area contributed by atoms with Gasteiger partial charge >= 0.3 is 0 Å². The zero-order chi connectivity index (χ0) is 14.5. The number of nitrogens with zero attached hydrogens (tertiary/aromatic N) is 1. The molecule has 1 amide bonds. The summed E-state index contributed by atoms with van der Waals surface area (Å²) in [5.74, 6) is 0.304. The fourth-order valence-electron chi connectivity index (χ4n) is 2.83. The SMILES string of the molecule is CNCCC1CCN(c2cccc(Cl)c2C(N)=O)CC1. The minimum Gasteiger partial charge on any atom is -0.371 e. The van der Waals surface area contributed by atoms with Gasteiger partial charge in [0, 0.05) is 13.1 Å². The van der Waals surface area contributed by atoms with Crippen molar-refractivity contribution in [2.75, 3.05) is 31.6 Å². The van der Waals surface area contributed by atoms with E-state index < -0.39 is 5.91 Å². The highest BCUT2D eigenvalue weighted by molar-refractivity contribution is 6.34. The first-order chi connectivity index (χ1) is 9.63. The fraction of sp³-hybridized carbons (Fsp3) is 0.533. The Hall–Kier alpha value is -1.26. The summed E-state index contributed by atoms with van der Waals surface area (Å²) in [6, 6.07) is 5.52. The number of carbonyl (C=O) groups excluding carboxylic acids is 1. The lowest BCUT2D eigenvalue weighted by molar-refractivity contribution is 0.100. The molecule has 1 aliphatic rings. The molecule has 0 spiro atoms. The van der Waals surface area contributed by atoms with E-state index in [2.05, 4.69) is 10.2 Å². The second-order valence-corrected chi connectivity index (χ2v) is 5.73. The van der Waals surface area contributed by atoms with Crippen molar-refractivity contribution in [2.45, 2.75) is 19.3 Å². The van der Waals surface area contributed by atoms with Crippen molar-refractivity contribution in [3.8, 4) is 0 Å². The molecule has 0 radical (unpaired) electrons. The molecule has 1 heterocycles. The lowest BCUT2D eigenvalue weighted by atomic mass is 9.93. The Morgan fingerprint density at radius 1 is 1.45 bits per heavy atom. The van der Waals surface area contributed by atoms with Crippen LogP contribution in [0.3, 0.4) is 0 Å². The summed E-state index contributed by atoms with van der Waals surface area (Å²) in [7, 11) is 1.99. The number of nitrogens with two attached hydrogens (primary N) is 1. The van der Waals surface area contributed by atoms with Crippen molar-refractivity contribution in [1.82, 2.24) is 5.32 Å². The molecule has 3 N–H and O–H groups in total. The zero-order valence-corrected chi connectivity index (χ0v) is 12.6. The number of hydrogen-bond donors (Lipinski definition) is 2. The number of hydrogen-bond acceptors (Lipinski definition) is 3. The lowest BCUT2D eigenvalue weighted by Crippen LogP contribution is -2.35. The monoisotopic (exact) mass is 295 g/mol. The van der Waals surface area contributed by atoms with Gasteiger partial charge in [0.1, 0.15) is 0 Å². The highest BCUT2D eigenvalue weighted by Gasteiger charge is 2.23. The van der Waals surface area contributed by atoms with Crippen molar-refractivity contribution in [2.24, 2.45) is 11.7 Å². The van der Waals surface area contributed by atoms with E-state index in [1.54, 1.807) is 6.07 Å². The number of benzene rings is 1. The van der Waals surface area contributed by atoms with E-state index in [1.165, 1.54) is 6.42 Å². The molecule has 0 unspecified atom stereocenters. The number of primary amides is 1. The average Bonchev–Trinajstić information content (AvgIpc) is 2.45. The van der Waals surface area contributed by atoms with Gasteiger partial charge in [-0.1, -0.05) is 17.7 Å². The maximum Gasteiger partial charge on any atom is 0.252 e. The smallest absolute Gasteiger partial charge is 0.252 e. The Bertz CT molecular complexity index is 470. The summed E-state index contributed by atoms with van der Waals surface area (Å²) in [6.07, 6.45) is 3.50. The molecule has 5 heteroatoms. The number of halogens is 1. The van der Waals surface area contributed by atoms with Crippen molar-refractivity contribution in [3.05, 3.63) is 28.8 Å². The van der Waals surface area contributed by atoms with E-state index >= 15 is 0 Å². The van der Waals surface area contributed by atoms with Crippen LogP contribution in [0.5, 0.6) is 0 Å². The van der Waals surface area contributed by atoms with Gasteiger partial charge in [0.15, 0.2) is 0 Å². The van der Waals surface area contributed by atoms with Crippen LogP contribution < -0.4 is 16.0 Å². The molecule has 2 rings (SSSR count). The van der Waals surface area contributed by atoms with Crippen LogP contribution in [-0.4, -0.2) is 32.6 Å². The fourth-order valence-corrected chi connectivity index (χ4v) is 3.09. The van der Waals surface area contributed by atoms with Gasteiger partial charge in [-0.15, -0.1) is 0 Å². The molecule has 1 aromatic carbocycles. The molecule has 0 bridgehead atoms. The number of nitrogens with one attached hydrogen (secondary N) is 1. The van der Waals surface area contributed by atoms with Crippen molar-refractivity contribution in [3.63, 3.8) is 0 Å². The number of amides is 1. The van der Waals surface area contributed by atoms with Gasteiger partial charge in [-0.3, -0.25) is 4.79 Å². The third-order valence-electron chi connectivity index (χ3n) is 4.00. The third kappa shape index (κ3) is 3.44. The van der Waals surface area contributed by atoms with Crippen LogP contribution in [0.1, 0.15) is 29.6 Å². The van der Waals surface area contributed by atoms with Gasteiger partial charge in [-0.2, -0.15) is 0 Å². The first kappa shape index (κ1) is 15.1. The predicted octanol–water partition coefficient (Wildman–Crippen LogP) is 2.26. The summed E-state index contributed by atoms with van der Waals surface area (Å²) in [4.78, 5) is 13.8. The molecule has 110 valence electrons. The standard InChI is InChI=1S/C15H22ClN3O/c1-18-8-5-11-6-9-19(10-7-11)13-4-2-3-12(16)14(13)15(17)20/h2-4,11,18H,5-10H2,1H3,(H2,17,20). The minimum atomic E-state index is -0.456. The minimum absolute atomic E-state index is 0.437. The molecule has 1 fully saturated rings. The maximum atomic E-state index is 11.6. The van der Waals surface area contributed by atoms with Crippen molar-refractivity contribution in [1.29, 1.82) is 0 Å². The number of carbonyl (C=O) groups is 1. The first-order valence-corrected chi connectivity index (χ1v) is 7.49. The van der Waals surface area contributed by atoms with Crippen LogP contribution >= 0.6 is 11.6 Å². The topological polar surface area (TPSA) is 58.4 Å². The molecule has 0 aromatic heterocycles. The molecule has 1 aliphatic heterocycles. The molecular formula is C15H22ClN3O. The van der Waals surface area contributed by atoms with Gasteiger partial charge in [-0.25, -0.2) is 0 Å². The summed E-state index contributed by atoms with van der Waals surface area (Å²) < 4.78 is 0. The largest absolute Gasteiger partial charge is 0.371 e. The quantitative estimate of drug-likeness (QED) is 0.876.